The molecule has 0 fully saturated rings. The highest BCUT2D eigenvalue weighted by Gasteiger charge is 2.25. The van der Waals surface area contributed by atoms with E-state index in [2.05, 4.69) is 44.2 Å². The van der Waals surface area contributed by atoms with Crippen LogP contribution in [0.2, 0.25) is 0 Å². The fourth-order valence-corrected chi connectivity index (χ4v) is 4.02. The zero-order chi connectivity index (χ0) is 18.2. The average molecular weight is 382 g/mol. The molecule has 0 spiro atoms. The second-order valence-corrected chi connectivity index (χ2v) is 8.62. The first-order valence-corrected chi connectivity index (χ1v) is 11.3. The van der Waals surface area contributed by atoms with Gasteiger partial charge in [0.25, 0.3) is 0 Å². The minimum atomic E-state index is 0. The molecule has 0 aromatic heterocycles. The number of aryl methyl sites for hydroxylation is 1. The van der Waals surface area contributed by atoms with Crippen molar-refractivity contribution < 1.29 is 0 Å². The highest BCUT2D eigenvalue weighted by atomic mass is 35.5. The van der Waals surface area contributed by atoms with Crippen molar-refractivity contribution >= 4 is 11.6 Å². The minimum Gasteiger partial charge on any atom is -0.344 e. The van der Waals surface area contributed by atoms with Gasteiger partial charge < -0.3 is 6.15 Å². The van der Waals surface area contributed by atoms with Gasteiger partial charge in [0.05, 0.1) is 0 Å². The largest absolute Gasteiger partial charge is 0.344 e. The molecule has 1 nitrogen and oxygen atoms in total. The maximum absolute atomic E-state index is 7.13. The van der Waals surface area contributed by atoms with Gasteiger partial charge in [-0.1, -0.05) is 115 Å². The maximum Gasteiger partial charge on any atom is 0.0450 e. The lowest BCUT2D eigenvalue weighted by Crippen LogP contribution is -2.22. The van der Waals surface area contributed by atoms with Gasteiger partial charge in [-0.2, -0.15) is 0 Å². The molecule has 0 heterocycles. The van der Waals surface area contributed by atoms with Crippen molar-refractivity contribution in [1.82, 2.24) is 6.15 Å². The first-order valence-electron chi connectivity index (χ1n) is 10.9. The fourth-order valence-electron chi connectivity index (χ4n) is 3.66. The highest BCUT2D eigenvalue weighted by molar-refractivity contribution is 6.23. The van der Waals surface area contributed by atoms with Crippen molar-refractivity contribution in [3.05, 3.63) is 35.9 Å². The van der Waals surface area contributed by atoms with E-state index in [1.54, 1.807) is 0 Å². The van der Waals surface area contributed by atoms with Gasteiger partial charge in [-0.3, -0.25) is 0 Å². The summed E-state index contributed by atoms with van der Waals surface area (Å²) in [7, 11) is 0. The Hall–Kier alpha value is -0.530. The lowest BCUT2D eigenvalue weighted by Gasteiger charge is -2.27. The van der Waals surface area contributed by atoms with Crippen molar-refractivity contribution in [2.24, 2.45) is 0 Å². The van der Waals surface area contributed by atoms with E-state index in [-0.39, 0.29) is 11.0 Å². The SMILES string of the molecule is CCCCCCCCCC(Cl)(CCCCCC)CCc1ccccc1.N. The van der Waals surface area contributed by atoms with Crippen molar-refractivity contribution in [1.29, 1.82) is 0 Å². The summed E-state index contributed by atoms with van der Waals surface area (Å²) in [4.78, 5) is 0.0208. The molecule has 1 aromatic rings. The van der Waals surface area contributed by atoms with Gasteiger partial charge in [0.2, 0.25) is 0 Å². The minimum absolute atomic E-state index is 0. The predicted molar refractivity (Wildman–Crippen MR) is 120 cm³/mol. The molecule has 0 saturated heterocycles. The average Bonchev–Trinajstić information content (AvgIpc) is 2.64. The van der Waals surface area contributed by atoms with Crippen LogP contribution in [0.25, 0.3) is 0 Å². The summed E-state index contributed by atoms with van der Waals surface area (Å²) in [6, 6.07) is 10.9. The van der Waals surface area contributed by atoms with Gasteiger partial charge in [0.1, 0.15) is 0 Å². The van der Waals surface area contributed by atoms with Crippen LogP contribution >= 0.6 is 11.6 Å². The topological polar surface area (TPSA) is 35.0 Å². The third-order valence-electron chi connectivity index (χ3n) is 5.41. The van der Waals surface area contributed by atoms with Crippen LogP contribution in [0.5, 0.6) is 0 Å². The molecule has 0 aliphatic carbocycles. The van der Waals surface area contributed by atoms with E-state index in [4.69, 9.17) is 11.6 Å². The Kier molecular flexibility index (Phi) is 16.3. The molecule has 152 valence electrons. The number of alkyl halides is 1. The highest BCUT2D eigenvalue weighted by Crippen LogP contribution is 2.34. The van der Waals surface area contributed by atoms with Gasteiger partial charge >= 0.3 is 0 Å². The molecule has 0 aliphatic rings. The van der Waals surface area contributed by atoms with Crippen LogP contribution in [-0.2, 0) is 6.42 Å². The first-order chi connectivity index (χ1) is 12.2. The molecule has 0 saturated carbocycles. The van der Waals surface area contributed by atoms with Crippen molar-refractivity contribution in [2.45, 2.75) is 115 Å². The summed E-state index contributed by atoms with van der Waals surface area (Å²) in [5.41, 5.74) is 1.43. The van der Waals surface area contributed by atoms with Gasteiger partial charge in [0, 0.05) is 4.87 Å². The Bertz CT molecular complexity index is 406. The van der Waals surface area contributed by atoms with Gasteiger partial charge in [-0.15, -0.1) is 11.6 Å². The zero-order valence-corrected chi connectivity index (χ0v) is 18.3. The van der Waals surface area contributed by atoms with Crippen LogP contribution in [-0.4, -0.2) is 4.87 Å². The molecule has 0 amide bonds. The van der Waals surface area contributed by atoms with E-state index in [1.165, 1.54) is 89.0 Å². The van der Waals surface area contributed by atoms with Crippen LogP contribution in [0.1, 0.15) is 109 Å². The number of rotatable bonds is 16. The van der Waals surface area contributed by atoms with E-state index in [0.717, 1.165) is 12.8 Å². The Morgan fingerprint density at radius 1 is 0.654 bits per heavy atom. The molecule has 0 radical (unpaired) electrons. The van der Waals surface area contributed by atoms with E-state index >= 15 is 0 Å². The van der Waals surface area contributed by atoms with Crippen LogP contribution in [0, 0.1) is 0 Å². The molecule has 0 aliphatic heterocycles. The maximum atomic E-state index is 7.13. The summed E-state index contributed by atoms with van der Waals surface area (Å²) >= 11 is 7.13. The summed E-state index contributed by atoms with van der Waals surface area (Å²) in [5.74, 6) is 0. The number of unbranched alkanes of at least 4 members (excludes halogenated alkanes) is 9. The molecule has 1 unspecified atom stereocenters. The third-order valence-corrected chi connectivity index (χ3v) is 5.98. The Morgan fingerprint density at radius 2 is 1.12 bits per heavy atom. The summed E-state index contributed by atoms with van der Waals surface area (Å²) in [6.45, 7) is 4.56. The molecular weight excluding hydrogens is 338 g/mol. The van der Waals surface area contributed by atoms with Crippen LogP contribution in [0.4, 0.5) is 0 Å². The molecule has 0 bridgehead atoms. The Labute approximate surface area is 168 Å². The molecule has 3 N–H and O–H groups in total. The molecule has 1 aromatic carbocycles. The molecule has 1 atom stereocenters. The number of hydrogen-bond acceptors (Lipinski definition) is 1. The van der Waals surface area contributed by atoms with Gasteiger partial charge in [-0.05, 0) is 31.2 Å². The van der Waals surface area contributed by atoms with Crippen LogP contribution in [0.3, 0.4) is 0 Å². The smallest absolute Gasteiger partial charge is 0.0450 e. The van der Waals surface area contributed by atoms with E-state index in [9.17, 15) is 0 Å². The van der Waals surface area contributed by atoms with E-state index in [0.29, 0.717) is 0 Å². The molecule has 26 heavy (non-hydrogen) atoms. The quantitative estimate of drug-likeness (QED) is 0.225. The van der Waals surface area contributed by atoms with E-state index in [1.807, 2.05) is 0 Å². The molecule has 2 heteroatoms. The number of hydrogen-bond donors (Lipinski definition) is 1. The van der Waals surface area contributed by atoms with Gasteiger partial charge in [-0.25, -0.2) is 0 Å². The first kappa shape index (κ1) is 25.5. The monoisotopic (exact) mass is 381 g/mol. The predicted octanol–water partition coefficient (Wildman–Crippen LogP) is 8.87. The third kappa shape index (κ3) is 12.8. The number of benzene rings is 1. The lowest BCUT2D eigenvalue weighted by molar-refractivity contribution is 0.413. The second kappa shape index (κ2) is 16.6. The summed E-state index contributed by atoms with van der Waals surface area (Å²) < 4.78 is 0. The summed E-state index contributed by atoms with van der Waals surface area (Å²) in [5, 5.41) is 0. The lowest BCUT2D eigenvalue weighted by atomic mass is 9.88. The zero-order valence-electron chi connectivity index (χ0n) is 17.6. The molecular formula is C24H44ClN. The Balaban J connectivity index is 0.00000625. The normalized spacial score (nSPS) is 13.2. The standard InChI is InChI=1S/C24H41Cl.H3N/c1-3-5-7-9-10-11-16-21-24(25,20-15-8-6-4-2)22-19-23-17-13-12-14-18-23;/h12-14,17-18H,3-11,15-16,19-22H2,1-2H3;1H3. The Morgan fingerprint density at radius 3 is 1.65 bits per heavy atom. The van der Waals surface area contributed by atoms with Gasteiger partial charge in [0.15, 0.2) is 0 Å². The summed E-state index contributed by atoms with van der Waals surface area (Å²) in [6.07, 6.45) is 19.5. The second-order valence-electron chi connectivity index (χ2n) is 7.82. The van der Waals surface area contributed by atoms with Crippen molar-refractivity contribution in [2.75, 3.05) is 0 Å². The van der Waals surface area contributed by atoms with E-state index < -0.39 is 0 Å². The van der Waals surface area contributed by atoms with Crippen LogP contribution < -0.4 is 6.15 Å². The molecule has 1 rings (SSSR count). The number of halogens is 1. The van der Waals surface area contributed by atoms with Crippen molar-refractivity contribution in [3.8, 4) is 0 Å². The van der Waals surface area contributed by atoms with Crippen LogP contribution in [0.15, 0.2) is 30.3 Å². The van der Waals surface area contributed by atoms with Crippen molar-refractivity contribution in [3.63, 3.8) is 0 Å². The fraction of sp³-hybridized carbons (Fsp3) is 0.750.